The van der Waals surface area contributed by atoms with Gasteiger partial charge in [-0.25, -0.2) is 0 Å². The molecule has 0 aromatic heterocycles. The standard InChI is InChI=1S/C13H18O2S/c1-9-7-10(16-4)5-6-11(9)13(2,3)8-12(14)15/h5-7H,8H2,1-4H3,(H,14,15). The van der Waals surface area contributed by atoms with E-state index in [1.165, 1.54) is 4.90 Å². The zero-order valence-electron chi connectivity index (χ0n) is 10.2. The summed E-state index contributed by atoms with van der Waals surface area (Å²) in [6, 6.07) is 6.21. The third-order valence-electron chi connectivity index (χ3n) is 2.76. The minimum absolute atomic E-state index is 0.159. The molecule has 0 unspecified atom stereocenters. The summed E-state index contributed by atoms with van der Waals surface area (Å²) < 4.78 is 0. The first kappa shape index (κ1) is 13.1. The predicted molar refractivity (Wildman–Crippen MR) is 68.2 cm³/mol. The van der Waals surface area contributed by atoms with Crippen LogP contribution in [0.2, 0.25) is 0 Å². The van der Waals surface area contributed by atoms with Gasteiger partial charge in [-0.2, -0.15) is 0 Å². The normalized spacial score (nSPS) is 11.5. The van der Waals surface area contributed by atoms with E-state index in [-0.39, 0.29) is 11.8 Å². The van der Waals surface area contributed by atoms with Crippen molar-refractivity contribution in [3.8, 4) is 0 Å². The number of carbonyl (C=O) groups is 1. The van der Waals surface area contributed by atoms with Crippen molar-refractivity contribution in [2.75, 3.05) is 6.26 Å². The van der Waals surface area contributed by atoms with Gasteiger partial charge >= 0.3 is 5.97 Å². The molecule has 0 atom stereocenters. The van der Waals surface area contributed by atoms with E-state index in [2.05, 4.69) is 12.1 Å². The zero-order chi connectivity index (χ0) is 12.3. The minimum Gasteiger partial charge on any atom is -0.481 e. The largest absolute Gasteiger partial charge is 0.481 e. The molecule has 2 nitrogen and oxygen atoms in total. The van der Waals surface area contributed by atoms with E-state index in [0.717, 1.165) is 11.1 Å². The minimum atomic E-state index is -0.752. The number of hydrogen-bond donors (Lipinski definition) is 1. The molecule has 1 aromatic carbocycles. The van der Waals surface area contributed by atoms with Crippen molar-refractivity contribution in [2.45, 2.75) is 37.5 Å². The zero-order valence-corrected chi connectivity index (χ0v) is 11.0. The molecule has 1 aromatic rings. The van der Waals surface area contributed by atoms with E-state index in [0.29, 0.717) is 0 Å². The SMILES string of the molecule is CSc1ccc(C(C)(C)CC(=O)O)c(C)c1. The number of hydrogen-bond acceptors (Lipinski definition) is 2. The number of benzene rings is 1. The number of thioether (sulfide) groups is 1. The van der Waals surface area contributed by atoms with Gasteiger partial charge in [0.1, 0.15) is 0 Å². The van der Waals surface area contributed by atoms with Crippen LogP contribution in [0.4, 0.5) is 0 Å². The predicted octanol–water partition coefficient (Wildman–Crippen LogP) is 3.47. The highest BCUT2D eigenvalue weighted by molar-refractivity contribution is 7.98. The first-order chi connectivity index (χ1) is 7.36. The van der Waals surface area contributed by atoms with Gasteiger partial charge in [-0.1, -0.05) is 19.9 Å². The van der Waals surface area contributed by atoms with Gasteiger partial charge in [0.15, 0.2) is 0 Å². The Morgan fingerprint density at radius 1 is 1.44 bits per heavy atom. The second kappa shape index (κ2) is 4.91. The smallest absolute Gasteiger partial charge is 0.304 e. The van der Waals surface area contributed by atoms with E-state index >= 15 is 0 Å². The Morgan fingerprint density at radius 2 is 2.06 bits per heavy atom. The lowest BCUT2D eigenvalue weighted by Gasteiger charge is -2.25. The van der Waals surface area contributed by atoms with Crippen molar-refractivity contribution >= 4 is 17.7 Å². The Bertz CT molecular complexity index is 397. The number of carboxylic acids is 1. The molecule has 0 saturated heterocycles. The highest BCUT2D eigenvalue weighted by Gasteiger charge is 2.25. The van der Waals surface area contributed by atoms with Gasteiger partial charge < -0.3 is 5.11 Å². The molecule has 0 amide bonds. The molecule has 0 heterocycles. The van der Waals surface area contributed by atoms with Gasteiger partial charge in [0, 0.05) is 10.3 Å². The summed E-state index contributed by atoms with van der Waals surface area (Å²) in [5, 5.41) is 8.90. The summed E-state index contributed by atoms with van der Waals surface area (Å²) in [7, 11) is 0. The summed E-state index contributed by atoms with van der Waals surface area (Å²) in [4.78, 5) is 12.0. The Morgan fingerprint density at radius 3 is 2.50 bits per heavy atom. The van der Waals surface area contributed by atoms with Crippen molar-refractivity contribution in [1.82, 2.24) is 0 Å². The Labute approximate surface area is 101 Å². The van der Waals surface area contributed by atoms with E-state index in [9.17, 15) is 4.79 Å². The molecule has 0 bridgehead atoms. The molecule has 1 rings (SSSR count). The van der Waals surface area contributed by atoms with Crippen LogP contribution in [0, 0.1) is 6.92 Å². The van der Waals surface area contributed by atoms with Gasteiger partial charge in [0.25, 0.3) is 0 Å². The van der Waals surface area contributed by atoms with Gasteiger partial charge in [-0.15, -0.1) is 11.8 Å². The molecule has 0 saturated carbocycles. The van der Waals surface area contributed by atoms with Gasteiger partial charge in [-0.3, -0.25) is 4.79 Å². The lowest BCUT2D eigenvalue weighted by atomic mass is 9.79. The van der Waals surface area contributed by atoms with Crippen LogP contribution in [-0.4, -0.2) is 17.3 Å². The summed E-state index contributed by atoms with van der Waals surface area (Å²) in [5.41, 5.74) is 1.97. The Kier molecular flexibility index (Phi) is 4.03. The molecule has 0 aliphatic rings. The monoisotopic (exact) mass is 238 g/mol. The lowest BCUT2D eigenvalue weighted by molar-refractivity contribution is -0.138. The van der Waals surface area contributed by atoms with E-state index in [1.807, 2.05) is 33.1 Å². The molecule has 0 fully saturated rings. The molecule has 88 valence electrons. The first-order valence-electron chi connectivity index (χ1n) is 5.24. The highest BCUT2D eigenvalue weighted by Crippen LogP contribution is 2.31. The van der Waals surface area contributed by atoms with Crippen molar-refractivity contribution in [1.29, 1.82) is 0 Å². The van der Waals surface area contributed by atoms with Crippen LogP contribution in [0.5, 0.6) is 0 Å². The topological polar surface area (TPSA) is 37.3 Å². The second-order valence-electron chi connectivity index (χ2n) is 4.64. The molecule has 16 heavy (non-hydrogen) atoms. The average molecular weight is 238 g/mol. The van der Waals surface area contributed by atoms with Crippen molar-refractivity contribution in [2.24, 2.45) is 0 Å². The summed E-state index contributed by atoms with van der Waals surface area (Å²) in [6.45, 7) is 5.99. The van der Waals surface area contributed by atoms with E-state index in [4.69, 9.17) is 5.11 Å². The fourth-order valence-corrected chi connectivity index (χ4v) is 2.49. The van der Waals surface area contributed by atoms with Crippen molar-refractivity contribution < 1.29 is 9.90 Å². The molecule has 3 heteroatoms. The Balaban J connectivity index is 3.08. The van der Waals surface area contributed by atoms with Crippen LogP contribution in [0.25, 0.3) is 0 Å². The highest BCUT2D eigenvalue weighted by atomic mass is 32.2. The maximum Gasteiger partial charge on any atom is 0.304 e. The molecule has 0 aliphatic carbocycles. The first-order valence-corrected chi connectivity index (χ1v) is 6.46. The molecular formula is C13H18O2S. The van der Waals surface area contributed by atoms with Crippen LogP contribution in [-0.2, 0) is 10.2 Å². The summed E-state index contributed by atoms with van der Waals surface area (Å²) >= 11 is 1.70. The summed E-state index contributed by atoms with van der Waals surface area (Å²) in [6.07, 6.45) is 2.20. The van der Waals surface area contributed by atoms with E-state index < -0.39 is 5.97 Å². The van der Waals surface area contributed by atoms with Gasteiger partial charge in [0.05, 0.1) is 6.42 Å². The van der Waals surface area contributed by atoms with Gasteiger partial charge in [-0.05, 0) is 36.4 Å². The maximum absolute atomic E-state index is 10.8. The van der Waals surface area contributed by atoms with Crippen LogP contribution in [0.15, 0.2) is 23.1 Å². The van der Waals surface area contributed by atoms with Crippen molar-refractivity contribution in [3.63, 3.8) is 0 Å². The van der Waals surface area contributed by atoms with E-state index in [1.54, 1.807) is 11.8 Å². The molecule has 0 spiro atoms. The molecule has 1 N–H and O–H groups in total. The average Bonchev–Trinajstić information content (AvgIpc) is 2.14. The number of aliphatic carboxylic acids is 1. The Hall–Kier alpha value is -0.960. The molecule has 0 aliphatic heterocycles. The molecular weight excluding hydrogens is 220 g/mol. The fraction of sp³-hybridized carbons (Fsp3) is 0.462. The van der Waals surface area contributed by atoms with Gasteiger partial charge in [0.2, 0.25) is 0 Å². The fourth-order valence-electron chi connectivity index (χ4n) is 2.00. The lowest BCUT2D eigenvalue weighted by Crippen LogP contribution is -2.22. The van der Waals surface area contributed by atoms with Crippen LogP contribution < -0.4 is 0 Å². The maximum atomic E-state index is 10.8. The van der Waals surface area contributed by atoms with Crippen LogP contribution in [0.3, 0.4) is 0 Å². The second-order valence-corrected chi connectivity index (χ2v) is 5.51. The number of carboxylic acid groups (broad SMARTS) is 1. The number of rotatable bonds is 4. The van der Waals surface area contributed by atoms with Crippen LogP contribution in [0.1, 0.15) is 31.4 Å². The molecule has 0 radical (unpaired) electrons. The number of aryl methyl sites for hydroxylation is 1. The van der Waals surface area contributed by atoms with Crippen molar-refractivity contribution in [3.05, 3.63) is 29.3 Å². The third kappa shape index (κ3) is 3.01. The quantitative estimate of drug-likeness (QED) is 0.816. The van der Waals surface area contributed by atoms with Crippen LogP contribution >= 0.6 is 11.8 Å². The third-order valence-corrected chi connectivity index (χ3v) is 3.48. The summed E-state index contributed by atoms with van der Waals surface area (Å²) in [5.74, 6) is -0.752.